The molecule has 0 unspecified atom stereocenters. The summed E-state index contributed by atoms with van der Waals surface area (Å²) in [5.41, 5.74) is -3.80. The van der Waals surface area contributed by atoms with Crippen molar-refractivity contribution in [2.24, 2.45) is 4.99 Å². The smallest absolute Gasteiger partial charge is 0.425 e. The molecular formula is C24H43F6N2O2Yb-. The van der Waals surface area contributed by atoms with Crippen molar-refractivity contribution in [2.75, 3.05) is 11.4 Å². The maximum absolute atomic E-state index is 11.4. The van der Waals surface area contributed by atoms with Crippen LogP contribution in [0.15, 0.2) is 35.3 Å². The van der Waals surface area contributed by atoms with Gasteiger partial charge in [-0.25, -0.2) is 0 Å². The Morgan fingerprint density at radius 3 is 1.40 bits per heavy atom. The summed E-state index contributed by atoms with van der Waals surface area (Å²) in [6.07, 6.45) is -8.21. The molecular weight excluding hydrogens is 635 g/mol. The van der Waals surface area contributed by atoms with Gasteiger partial charge in [0.1, 0.15) is 5.91 Å². The van der Waals surface area contributed by atoms with E-state index in [1.54, 1.807) is 0 Å². The average Bonchev–Trinajstić information content (AvgIpc) is 2.85. The number of hydrogen-bond acceptors (Lipinski definition) is 3. The summed E-state index contributed by atoms with van der Waals surface area (Å²) in [6.45, 7) is 20.2. The molecule has 1 aromatic rings. The molecule has 0 saturated carbocycles. The first-order valence-electron chi connectivity index (χ1n) is 11.5. The number of para-hydroxylation sites is 1. The predicted molar refractivity (Wildman–Crippen MR) is 130 cm³/mol. The number of rotatable bonds is 1. The fourth-order valence-electron chi connectivity index (χ4n) is 1.38. The van der Waals surface area contributed by atoms with Gasteiger partial charge in [-0.05, 0) is 13.3 Å². The number of halogens is 6. The minimum Gasteiger partial charge on any atom is -0.433 e. The van der Waals surface area contributed by atoms with Gasteiger partial charge in [-0.15, -0.1) is 0 Å². The van der Waals surface area contributed by atoms with Gasteiger partial charge in [0.2, 0.25) is 0 Å². The van der Waals surface area contributed by atoms with Crippen LogP contribution in [0, 0.1) is 46.9 Å². The zero-order chi connectivity index (χ0) is 28.6. The normalized spacial score (nSPS) is 11.7. The van der Waals surface area contributed by atoms with Gasteiger partial charge >= 0.3 is 12.4 Å². The number of carbonyl (C=O) groups is 1. The van der Waals surface area contributed by atoms with Crippen LogP contribution in [0.3, 0.4) is 0 Å². The second kappa shape index (κ2) is 28.0. The molecule has 1 amide bonds. The van der Waals surface area contributed by atoms with Gasteiger partial charge in [0.15, 0.2) is 0 Å². The Kier molecular flexibility index (Phi) is 38.1. The molecule has 0 bridgehead atoms. The van der Waals surface area contributed by atoms with E-state index in [1.807, 2.05) is 99.6 Å². The number of benzene rings is 1. The molecule has 2 rings (SSSR count). The van der Waals surface area contributed by atoms with Gasteiger partial charge in [0.25, 0.3) is 5.60 Å². The average molecular weight is 679 g/mol. The molecule has 1 aromatic carbocycles. The monoisotopic (exact) mass is 679 g/mol. The summed E-state index contributed by atoms with van der Waals surface area (Å²) >= 11 is 0. The van der Waals surface area contributed by atoms with Crippen LogP contribution in [0.1, 0.15) is 82.6 Å². The van der Waals surface area contributed by atoms with E-state index < -0.39 is 18.0 Å². The van der Waals surface area contributed by atoms with E-state index in [-0.39, 0.29) is 59.8 Å². The summed E-state index contributed by atoms with van der Waals surface area (Å²) in [7, 11) is 0. The summed E-state index contributed by atoms with van der Waals surface area (Å²) in [5.74, 6) is 0.0567. The molecule has 0 aromatic heterocycles. The summed E-state index contributed by atoms with van der Waals surface area (Å²) < 4.78 is 68.2. The Morgan fingerprint density at radius 2 is 1.14 bits per heavy atom. The van der Waals surface area contributed by atoms with Crippen molar-refractivity contribution < 1.29 is 83.2 Å². The zero-order valence-electron chi connectivity index (χ0n) is 22.6. The fraction of sp³-hybridized carbons (Fsp3) is 0.667. The SMILES string of the molecule is CC.CC.CC.CC.CC.CC(O)(C(F)(F)F)C(F)(F)F.O=C1CCN=[C-]N1c1ccccc1.[Yb]. The van der Waals surface area contributed by atoms with Gasteiger partial charge in [-0.2, -0.15) is 26.3 Å². The first-order valence-corrected chi connectivity index (χ1v) is 11.5. The first-order chi connectivity index (χ1) is 15.9. The molecule has 0 saturated heterocycles. The zero-order valence-corrected chi connectivity index (χ0v) is 24.3. The molecule has 35 heavy (non-hydrogen) atoms. The molecule has 1 aliphatic heterocycles. The maximum Gasteiger partial charge on any atom is 0.425 e. The van der Waals surface area contributed by atoms with E-state index in [9.17, 15) is 31.1 Å². The van der Waals surface area contributed by atoms with Crippen molar-refractivity contribution in [1.82, 2.24) is 0 Å². The van der Waals surface area contributed by atoms with Crippen molar-refractivity contribution in [3.8, 4) is 0 Å². The molecule has 0 spiro atoms. The number of carbonyl (C=O) groups excluding carboxylic acids is 1. The number of hydrogen-bond donors (Lipinski definition) is 1. The number of amides is 1. The second-order valence-electron chi connectivity index (χ2n) is 4.86. The molecule has 11 heteroatoms. The maximum atomic E-state index is 11.4. The largest absolute Gasteiger partial charge is 0.433 e. The van der Waals surface area contributed by atoms with E-state index in [0.29, 0.717) is 13.0 Å². The van der Waals surface area contributed by atoms with E-state index in [1.165, 1.54) is 4.90 Å². The Balaban J connectivity index is -0.0000000873. The molecule has 0 atom stereocenters. The molecule has 1 heterocycles. The molecule has 0 radical (unpaired) electrons. The van der Waals surface area contributed by atoms with Gasteiger partial charge in [0.05, 0.1) is 0 Å². The molecule has 0 fully saturated rings. The molecule has 1 N–H and O–H groups in total. The van der Waals surface area contributed by atoms with Crippen LogP contribution < -0.4 is 4.90 Å². The second-order valence-corrected chi connectivity index (χ2v) is 4.86. The Bertz CT molecular complexity index is 578. The summed E-state index contributed by atoms with van der Waals surface area (Å²) in [5, 5.41) is 7.94. The van der Waals surface area contributed by atoms with Crippen LogP contribution in [0.2, 0.25) is 0 Å². The minimum absolute atomic E-state index is 0. The molecule has 4 nitrogen and oxygen atoms in total. The van der Waals surface area contributed by atoms with Crippen molar-refractivity contribution in [1.29, 1.82) is 0 Å². The van der Waals surface area contributed by atoms with Crippen LogP contribution in [-0.2, 0) is 4.79 Å². The first kappa shape index (κ1) is 47.6. The third-order valence-electron chi connectivity index (χ3n) is 2.98. The van der Waals surface area contributed by atoms with Crippen LogP contribution in [-0.4, -0.2) is 41.9 Å². The van der Waals surface area contributed by atoms with E-state index in [2.05, 4.69) is 11.3 Å². The minimum atomic E-state index is -5.69. The third-order valence-corrected chi connectivity index (χ3v) is 2.98. The summed E-state index contributed by atoms with van der Waals surface area (Å²) in [4.78, 5) is 16.8. The Labute approximate surface area is 246 Å². The van der Waals surface area contributed by atoms with Crippen LogP contribution >= 0.6 is 0 Å². The number of aliphatic hydroxyl groups is 1. The van der Waals surface area contributed by atoms with Crippen LogP contribution in [0.5, 0.6) is 0 Å². The van der Waals surface area contributed by atoms with Gasteiger partial charge in [0, 0.05) is 59.8 Å². The number of anilines is 1. The Hall–Kier alpha value is -0.581. The molecule has 218 valence electrons. The number of alkyl halides is 6. The topological polar surface area (TPSA) is 52.9 Å². The van der Waals surface area contributed by atoms with Crippen molar-refractivity contribution in [3.05, 3.63) is 30.3 Å². The van der Waals surface area contributed by atoms with Gasteiger partial charge < -0.3 is 19.8 Å². The van der Waals surface area contributed by atoms with Gasteiger partial charge in [-0.3, -0.25) is 0 Å². The summed E-state index contributed by atoms with van der Waals surface area (Å²) in [6, 6.07) is 9.42. The number of nitrogens with zero attached hydrogens (tertiary/aromatic N) is 2. The molecule has 1 aliphatic rings. The number of aliphatic imine (C=N–C) groups is 1. The molecule has 0 aliphatic carbocycles. The van der Waals surface area contributed by atoms with Crippen molar-refractivity contribution in [3.63, 3.8) is 0 Å². The predicted octanol–water partition coefficient (Wildman–Crippen LogP) is 8.32. The van der Waals surface area contributed by atoms with E-state index >= 15 is 0 Å². The van der Waals surface area contributed by atoms with Crippen molar-refractivity contribution in [2.45, 2.75) is 101 Å². The Morgan fingerprint density at radius 1 is 0.800 bits per heavy atom. The van der Waals surface area contributed by atoms with Crippen LogP contribution in [0.4, 0.5) is 32.0 Å². The van der Waals surface area contributed by atoms with Crippen molar-refractivity contribution >= 4 is 17.9 Å². The standard InChI is InChI=1S/C10H9N2O.C4H4F6O.5C2H6.Yb/c13-10-6-7-11-8-12(10)9-4-2-1-3-5-9;1-2(11,3(5,6)7)4(8,9)10;5*1-2;/h1-5H,6-7H2;11H,1H3;5*1-2H3;/q-1;;;;;;;. The van der Waals surface area contributed by atoms with Crippen LogP contribution in [0.25, 0.3) is 0 Å². The van der Waals surface area contributed by atoms with Gasteiger partial charge in [-0.1, -0.05) is 105 Å². The fourth-order valence-corrected chi connectivity index (χ4v) is 1.38. The third kappa shape index (κ3) is 20.2. The van der Waals surface area contributed by atoms with E-state index in [4.69, 9.17) is 5.11 Å². The van der Waals surface area contributed by atoms with E-state index in [0.717, 1.165) is 5.69 Å². The quantitative estimate of drug-likeness (QED) is 0.240.